The van der Waals surface area contributed by atoms with E-state index in [4.69, 9.17) is 0 Å². The van der Waals surface area contributed by atoms with Crippen molar-refractivity contribution in [3.63, 3.8) is 0 Å². The van der Waals surface area contributed by atoms with Crippen molar-refractivity contribution in [2.24, 2.45) is 0 Å². The first kappa shape index (κ1) is 18.0. The van der Waals surface area contributed by atoms with Crippen LogP contribution in [0.15, 0.2) is 48.5 Å². The van der Waals surface area contributed by atoms with Gasteiger partial charge in [-0.1, -0.05) is 24.3 Å². The molecule has 3 rings (SSSR count). The first-order valence-electron chi connectivity index (χ1n) is 8.44. The number of rotatable bonds is 5. The van der Waals surface area contributed by atoms with Gasteiger partial charge in [-0.25, -0.2) is 0 Å². The smallest absolute Gasteiger partial charge is 0.243 e. The fraction of sp³-hybridized carbons (Fsp3) is 0.316. The van der Waals surface area contributed by atoms with Gasteiger partial charge in [0.1, 0.15) is 0 Å². The van der Waals surface area contributed by atoms with Gasteiger partial charge in [0.25, 0.3) is 0 Å². The van der Waals surface area contributed by atoms with E-state index in [-0.39, 0.29) is 18.6 Å². The van der Waals surface area contributed by atoms with Crippen molar-refractivity contribution in [2.45, 2.75) is 18.9 Å². The largest absolute Gasteiger partial charge is 0.393 e. The van der Waals surface area contributed by atoms with Crippen LogP contribution in [0.3, 0.4) is 0 Å². The van der Waals surface area contributed by atoms with Crippen LogP contribution in [0.2, 0.25) is 0 Å². The fourth-order valence-electron chi connectivity index (χ4n) is 2.94. The number of anilines is 3. The first-order valence-corrected chi connectivity index (χ1v) is 9.51. The van der Waals surface area contributed by atoms with Gasteiger partial charge in [0.2, 0.25) is 5.91 Å². The summed E-state index contributed by atoms with van der Waals surface area (Å²) in [5, 5.41) is 15.9. The summed E-state index contributed by atoms with van der Waals surface area (Å²) in [7, 11) is 0. The van der Waals surface area contributed by atoms with Crippen LogP contribution in [0, 0.1) is 3.57 Å². The molecule has 0 aliphatic carbocycles. The quantitative estimate of drug-likeness (QED) is 0.611. The van der Waals surface area contributed by atoms with E-state index in [0.717, 1.165) is 46.6 Å². The lowest BCUT2D eigenvalue weighted by Gasteiger charge is -2.32. The molecule has 25 heavy (non-hydrogen) atoms. The maximum atomic E-state index is 12.2. The number of piperidine rings is 1. The molecule has 1 amide bonds. The standard InChI is InChI=1S/C19H22IN3O2/c20-15-5-1-2-6-16(15)22-19(25)13-21-17-7-3-4-8-18(17)23-11-9-14(24)10-12-23/h1-8,14,21,24H,9-13H2,(H,22,25). The number of nitrogens with one attached hydrogen (secondary N) is 2. The van der Waals surface area contributed by atoms with Gasteiger partial charge in [0.05, 0.1) is 29.7 Å². The third-order valence-corrected chi connectivity index (χ3v) is 5.24. The van der Waals surface area contributed by atoms with Crippen molar-refractivity contribution in [3.05, 3.63) is 52.1 Å². The van der Waals surface area contributed by atoms with Crippen molar-refractivity contribution in [2.75, 3.05) is 35.2 Å². The second kappa shape index (κ2) is 8.53. The summed E-state index contributed by atoms with van der Waals surface area (Å²) >= 11 is 2.21. The number of hydrogen-bond donors (Lipinski definition) is 3. The fourth-order valence-corrected chi connectivity index (χ4v) is 3.46. The molecule has 1 heterocycles. The van der Waals surface area contributed by atoms with Crippen molar-refractivity contribution >= 4 is 45.6 Å². The molecule has 0 bridgehead atoms. The molecule has 132 valence electrons. The highest BCUT2D eigenvalue weighted by Crippen LogP contribution is 2.28. The Labute approximate surface area is 161 Å². The number of benzene rings is 2. The highest BCUT2D eigenvalue weighted by molar-refractivity contribution is 14.1. The summed E-state index contributed by atoms with van der Waals surface area (Å²) in [4.78, 5) is 14.5. The number of nitrogens with zero attached hydrogens (tertiary/aromatic N) is 1. The normalized spacial score (nSPS) is 15.0. The van der Waals surface area contributed by atoms with Crippen molar-refractivity contribution in [1.82, 2.24) is 0 Å². The summed E-state index contributed by atoms with van der Waals surface area (Å²) in [6.45, 7) is 1.86. The third kappa shape index (κ3) is 4.85. The van der Waals surface area contributed by atoms with E-state index in [0.29, 0.717) is 0 Å². The van der Waals surface area contributed by atoms with Gasteiger partial charge in [0.15, 0.2) is 0 Å². The first-order chi connectivity index (χ1) is 12.1. The van der Waals surface area contributed by atoms with Crippen LogP contribution in [0.5, 0.6) is 0 Å². The lowest BCUT2D eigenvalue weighted by Crippen LogP contribution is -2.36. The van der Waals surface area contributed by atoms with Gasteiger partial charge in [0, 0.05) is 16.7 Å². The number of carbonyl (C=O) groups is 1. The van der Waals surface area contributed by atoms with Crippen LogP contribution in [0.4, 0.5) is 17.1 Å². The third-order valence-electron chi connectivity index (χ3n) is 4.30. The molecule has 0 spiro atoms. The van der Waals surface area contributed by atoms with Crippen LogP contribution in [-0.2, 0) is 4.79 Å². The Morgan fingerprint density at radius 2 is 1.72 bits per heavy atom. The lowest BCUT2D eigenvalue weighted by molar-refractivity contribution is -0.114. The second-order valence-electron chi connectivity index (χ2n) is 6.12. The SMILES string of the molecule is O=C(CNc1ccccc1N1CCC(O)CC1)Nc1ccccc1I. The van der Waals surface area contributed by atoms with Gasteiger partial charge in [-0.05, 0) is 59.7 Å². The Kier molecular flexibility index (Phi) is 6.14. The van der Waals surface area contributed by atoms with Crippen LogP contribution in [-0.4, -0.2) is 36.8 Å². The molecule has 2 aromatic rings. The number of aliphatic hydroxyl groups is 1. The predicted molar refractivity (Wildman–Crippen MR) is 110 cm³/mol. The molecule has 0 saturated carbocycles. The molecule has 5 nitrogen and oxygen atoms in total. The van der Waals surface area contributed by atoms with Gasteiger partial charge in [-0.3, -0.25) is 4.79 Å². The molecule has 0 radical (unpaired) electrons. The van der Waals surface area contributed by atoms with Crippen LogP contribution >= 0.6 is 22.6 Å². The summed E-state index contributed by atoms with van der Waals surface area (Å²) in [5.74, 6) is -0.0759. The minimum atomic E-state index is -0.199. The van der Waals surface area contributed by atoms with Crippen LogP contribution in [0.25, 0.3) is 0 Å². The predicted octanol–water partition coefficient (Wildman–Crippen LogP) is 3.30. The van der Waals surface area contributed by atoms with E-state index >= 15 is 0 Å². The van der Waals surface area contributed by atoms with Gasteiger partial charge in [-0.2, -0.15) is 0 Å². The molecule has 2 aromatic carbocycles. The summed E-state index contributed by atoms with van der Waals surface area (Å²) < 4.78 is 1.01. The Bertz CT molecular complexity index is 730. The number of carbonyl (C=O) groups excluding carboxylic acids is 1. The molecule has 1 fully saturated rings. The highest BCUT2D eigenvalue weighted by Gasteiger charge is 2.19. The Morgan fingerprint density at radius 1 is 1.08 bits per heavy atom. The Hall–Kier alpha value is -1.80. The second-order valence-corrected chi connectivity index (χ2v) is 7.28. The van der Waals surface area contributed by atoms with Crippen LogP contribution < -0.4 is 15.5 Å². The van der Waals surface area contributed by atoms with Gasteiger partial charge >= 0.3 is 0 Å². The summed E-state index contributed by atoms with van der Waals surface area (Å²) in [6, 6.07) is 15.7. The molecular weight excluding hydrogens is 429 g/mol. The minimum absolute atomic E-state index is 0.0759. The molecule has 1 saturated heterocycles. The summed E-state index contributed by atoms with van der Waals surface area (Å²) in [6.07, 6.45) is 1.36. The molecule has 0 atom stereocenters. The van der Waals surface area contributed by atoms with E-state index in [1.165, 1.54) is 0 Å². The zero-order valence-corrected chi connectivity index (χ0v) is 16.1. The van der Waals surface area contributed by atoms with E-state index in [2.05, 4.69) is 44.2 Å². The lowest BCUT2D eigenvalue weighted by atomic mass is 10.1. The van der Waals surface area contributed by atoms with Gasteiger partial charge in [-0.15, -0.1) is 0 Å². The Balaban J connectivity index is 1.61. The molecule has 0 unspecified atom stereocenters. The van der Waals surface area contributed by atoms with Crippen molar-refractivity contribution in [1.29, 1.82) is 0 Å². The molecule has 6 heteroatoms. The maximum absolute atomic E-state index is 12.2. The summed E-state index contributed by atoms with van der Waals surface area (Å²) in [5.41, 5.74) is 2.85. The topological polar surface area (TPSA) is 64.6 Å². The highest BCUT2D eigenvalue weighted by atomic mass is 127. The molecule has 3 N–H and O–H groups in total. The number of halogens is 1. The number of para-hydroxylation sites is 3. The van der Waals surface area contributed by atoms with Gasteiger partial charge < -0.3 is 20.6 Å². The molecule has 1 aliphatic rings. The molecular formula is C19H22IN3O2. The van der Waals surface area contributed by atoms with Crippen molar-refractivity contribution in [3.8, 4) is 0 Å². The number of amides is 1. The van der Waals surface area contributed by atoms with E-state index in [9.17, 15) is 9.90 Å². The molecule has 0 aromatic heterocycles. The van der Waals surface area contributed by atoms with E-state index in [1.807, 2.05) is 42.5 Å². The average molecular weight is 451 g/mol. The van der Waals surface area contributed by atoms with E-state index in [1.54, 1.807) is 0 Å². The van der Waals surface area contributed by atoms with E-state index < -0.39 is 0 Å². The Morgan fingerprint density at radius 3 is 2.44 bits per heavy atom. The molecule has 1 aliphatic heterocycles. The zero-order valence-electron chi connectivity index (χ0n) is 13.9. The number of aliphatic hydroxyl groups excluding tert-OH is 1. The minimum Gasteiger partial charge on any atom is -0.393 e. The monoisotopic (exact) mass is 451 g/mol. The number of hydrogen-bond acceptors (Lipinski definition) is 4. The average Bonchev–Trinajstić information content (AvgIpc) is 2.63. The van der Waals surface area contributed by atoms with Crippen LogP contribution in [0.1, 0.15) is 12.8 Å². The maximum Gasteiger partial charge on any atom is 0.243 e. The van der Waals surface area contributed by atoms with Crippen molar-refractivity contribution < 1.29 is 9.90 Å². The zero-order chi connectivity index (χ0) is 17.6.